The summed E-state index contributed by atoms with van der Waals surface area (Å²) >= 11 is 5.84. The van der Waals surface area contributed by atoms with Crippen LogP contribution in [0.15, 0.2) is 59.0 Å². The first kappa shape index (κ1) is 15.3. The average molecular weight is 330 g/mol. The van der Waals surface area contributed by atoms with Gasteiger partial charge in [-0.15, -0.1) is 0 Å². The number of hydrogen-bond acceptors (Lipinski definition) is 2. The quantitative estimate of drug-likeness (QED) is 0.708. The Morgan fingerprint density at radius 2 is 1.83 bits per heavy atom. The predicted octanol–water partition coefficient (Wildman–Crippen LogP) is 5.30. The third-order valence-electron chi connectivity index (χ3n) is 3.33. The summed E-state index contributed by atoms with van der Waals surface area (Å²) in [5.41, 5.74) is 1.70. The maximum atomic E-state index is 13.8. The smallest absolute Gasteiger partial charge is 0.291 e. The minimum atomic E-state index is -0.507. The lowest BCUT2D eigenvalue weighted by molar-refractivity contribution is 0.0997. The molecule has 0 radical (unpaired) electrons. The lowest BCUT2D eigenvalue weighted by atomic mass is 10.2. The molecule has 0 spiro atoms. The van der Waals surface area contributed by atoms with Crippen molar-refractivity contribution in [1.82, 2.24) is 0 Å². The highest BCUT2D eigenvalue weighted by atomic mass is 35.5. The van der Waals surface area contributed by atoms with Gasteiger partial charge in [0.05, 0.1) is 5.69 Å². The van der Waals surface area contributed by atoms with Crippen LogP contribution in [0.3, 0.4) is 0 Å². The number of anilines is 1. The van der Waals surface area contributed by atoms with Gasteiger partial charge in [0, 0.05) is 10.6 Å². The van der Waals surface area contributed by atoms with E-state index in [0.717, 1.165) is 11.1 Å². The third-order valence-corrected chi connectivity index (χ3v) is 3.58. The second kappa shape index (κ2) is 6.26. The molecule has 0 unspecified atom stereocenters. The molecule has 3 rings (SSSR count). The molecule has 0 bridgehead atoms. The molecule has 1 amide bonds. The van der Waals surface area contributed by atoms with Gasteiger partial charge in [-0.25, -0.2) is 4.39 Å². The summed E-state index contributed by atoms with van der Waals surface area (Å²) in [4.78, 5) is 12.2. The molecule has 23 heavy (non-hydrogen) atoms. The Balaban J connectivity index is 1.79. The number of halogens is 2. The van der Waals surface area contributed by atoms with Crippen molar-refractivity contribution in [2.24, 2.45) is 0 Å². The minimum absolute atomic E-state index is 0.106. The van der Waals surface area contributed by atoms with E-state index in [9.17, 15) is 9.18 Å². The molecule has 0 aliphatic heterocycles. The fraction of sp³-hybridized carbons (Fsp3) is 0.0556. The van der Waals surface area contributed by atoms with Gasteiger partial charge in [-0.3, -0.25) is 4.79 Å². The lowest BCUT2D eigenvalue weighted by Gasteiger charge is -2.05. The van der Waals surface area contributed by atoms with Crippen LogP contribution in [0.2, 0.25) is 5.02 Å². The molecule has 0 atom stereocenters. The molecular weight excluding hydrogens is 317 g/mol. The van der Waals surface area contributed by atoms with Crippen molar-refractivity contribution in [3.8, 4) is 11.3 Å². The van der Waals surface area contributed by atoms with Crippen LogP contribution >= 0.6 is 11.6 Å². The predicted molar refractivity (Wildman–Crippen MR) is 88.2 cm³/mol. The molecule has 2 aromatic carbocycles. The fourth-order valence-electron chi connectivity index (χ4n) is 2.13. The van der Waals surface area contributed by atoms with E-state index in [1.54, 1.807) is 49.4 Å². The largest absolute Gasteiger partial charge is 0.451 e. The van der Waals surface area contributed by atoms with Crippen LogP contribution < -0.4 is 5.32 Å². The van der Waals surface area contributed by atoms with Gasteiger partial charge in [-0.2, -0.15) is 0 Å². The Bertz CT molecular complexity index is 856. The molecule has 3 nitrogen and oxygen atoms in total. The van der Waals surface area contributed by atoms with Crippen LogP contribution in [0, 0.1) is 12.7 Å². The minimum Gasteiger partial charge on any atom is -0.451 e. The van der Waals surface area contributed by atoms with Crippen LogP contribution in [-0.4, -0.2) is 5.91 Å². The van der Waals surface area contributed by atoms with Gasteiger partial charge < -0.3 is 9.73 Å². The van der Waals surface area contributed by atoms with Crippen molar-refractivity contribution in [3.05, 3.63) is 76.8 Å². The SMILES string of the molecule is Cc1ccc(NC(=O)c2ccc(-c3ccc(Cl)cc3)o2)c(F)c1. The van der Waals surface area contributed by atoms with Crippen LogP contribution in [0.5, 0.6) is 0 Å². The van der Waals surface area contributed by atoms with Crippen molar-refractivity contribution >= 4 is 23.2 Å². The van der Waals surface area contributed by atoms with Gasteiger partial charge in [-0.05, 0) is 61.0 Å². The molecule has 0 aliphatic rings. The summed E-state index contributed by atoms with van der Waals surface area (Å²) in [6.07, 6.45) is 0. The number of carbonyl (C=O) groups excluding carboxylic acids is 1. The number of rotatable bonds is 3. The maximum absolute atomic E-state index is 13.8. The normalized spacial score (nSPS) is 10.6. The van der Waals surface area contributed by atoms with Crippen molar-refractivity contribution in [3.63, 3.8) is 0 Å². The Morgan fingerprint density at radius 1 is 1.09 bits per heavy atom. The molecule has 0 aliphatic carbocycles. The highest BCUT2D eigenvalue weighted by Gasteiger charge is 2.14. The summed E-state index contributed by atoms with van der Waals surface area (Å²) in [6.45, 7) is 1.78. The van der Waals surface area contributed by atoms with E-state index >= 15 is 0 Å². The molecule has 0 saturated heterocycles. The van der Waals surface area contributed by atoms with E-state index in [4.69, 9.17) is 16.0 Å². The molecular formula is C18H13ClFNO2. The van der Waals surface area contributed by atoms with E-state index in [0.29, 0.717) is 10.8 Å². The van der Waals surface area contributed by atoms with Gasteiger partial charge in [0.25, 0.3) is 5.91 Å². The first-order chi connectivity index (χ1) is 11.0. The molecule has 0 saturated carbocycles. The topological polar surface area (TPSA) is 42.2 Å². The van der Waals surface area contributed by atoms with E-state index in [-0.39, 0.29) is 11.4 Å². The van der Waals surface area contributed by atoms with Gasteiger partial charge in [0.2, 0.25) is 0 Å². The number of furan rings is 1. The lowest BCUT2D eigenvalue weighted by Crippen LogP contribution is -2.12. The van der Waals surface area contributed by atoms with E-state index in [1.165, 1.54) is 12.1 Å². The maximum Gasteiger partial charge on any atom is 0.291 e. The number of benzene rings is 2. The first-order valence-electron chi connectivity index (χ1n) is 6.96. The zero-order valence-corrected chi connectivity index (χ0v) is 13.0. The molecule has 0 fully saturated rings. The summed E-state index contributed by atoms with van der Waals surface area (Å²) in [5.74, 6) is -0.345. The molecule has 116 valence electrons. The number of hydrogen-bond donors (Lipinski definition) is 1. The van der Waals surface area contributed by atoms with Crippen LogP contribution in [0.25, 0.3) is 11.3 Å². The van der Waals surface area contributed by atoms with Crippen molar-refractivity contribution in [2.45, 2.75) is 6.92 Å². The second-order valence-corrected chi connectivity index (χ2v) is 5.54. The van der Waals surface area contributed by atoms with Crippen LogP contribution in [-0.2, 0) is 0 Å². The Hall–Kier alpha value is -2.59. The van der Waals surface area contributed by atoms with Gasteiger partial charge in [-0.1, -0.05) is 17.7 Å². The van der Waals surface area contributed by atoms with Crippen LogP contribution in [0.4, 0.5) is 10.1 Å². The highest BCUT2D eigenvalue weighted by molar-refractivity contribution is 6.30. The van der Waals surface area contributed by atoms with Crippen LogP contribution in [0.1, 0.15) is 16.1 Å². The molecule has 1 N–H and O–H groups in total. The van der Waals surface area contributed by atoms with E-state index in [1.807, 2.05) is 0 Å². The second-order valence-electron chi connectivity index (χ2n) is 5.11. The highest BCUT2D eigenvalue weighted by Crippen LogP contribution is 2.24. The molecule has 1 aromatic heterocycles. The van der Waals surface area contributed by atoms with E-state index in [2.05, 4.69) is 5.32 Å². The zero-order valence-electron chi connectivity index (χ0n) is 12.3. The van der Waals surface area contributed by atoms with Crippen molar-refractivity contribution < 1.29 is 13.6 Å². The first-order valence-corrected chi connectivity index (χ1v) is 7.34. The number of carbonyl (C=O) groups is 1. The number of nitrogens with one attached hydrogen (secondary N) is 1. The fourth-order valence-corrected chi connectivity index (χ4v) is 2.26. The summed E-state index contributed by atoms with van der Waals surface area (Å²) in [5, 5.41) is 3.12. The van der Waals surface area contributed by atoms with Gasteiger partial charge in [0.1, 0.15) is 11.6 Å². The van der Waals surface area contributed by atoms with Crippen molar-refractivity contribution in [2.75, 3.05) is 5.32 Å². The average Bonchev–Trinajstić information content (AvgIpc) is 3.01. The van der Waals surface area contributed by atoms with E-state index < -0.39 is 11.7 Å². The Labute approximate surface area is 137 Å². The Kier molecular flexibility index (Phi) is 4.17. The third kappa shape index (κ3) is 3.43. The number of aryl methyl sites for hydroxylation is 1. The van der Waals surface area contributed by atoms with Gasteiger partial charge in [0.15, 0.2) is 5.76 Å². The monoisotopic (exact) mass is 329 g/mol. The molecule has 1 heterocycles. The zero-order chi connectivity index (χ0) is 16.4. The Morgan fingerprint density at radius 3 is 2.52 bits per heavy atom. The number of amides is 1. The summed E-state index contributed by atoms with van der Waals surface area (Å²) < 4.78 is 19.3. The summed E-state index contributed by atoms with van der Waals surface area (Å²) in [6, 6.07) is 14.9. The standard InChI is InChI=1S/C18H13ClFNO2/c1-11-2-7-15(14(20)10-11)21-18(22)17-9-8-16(23-17)12-3-5-13(19)6-4-12/h2-10H,1H3,(H,21,22). The molecule has 3 aromatic rings. The molecule has 5 heteroatoms. The van der Waals surface area contributed by atoms with Gasteiger partial charge >= 0.3 is 0 Å². The summed E-state index contributed by atoms with van der Waals surface area (Å²) in [7, 11) is 0. The van der Waals surface area contributed by atoms with Crippen molar-refractivity contribution in [1.29, 1.82) is 0 Å².